The van der Waals surface area contributed by atoms with Gasteiger partial charge in [0.15, 0.2) is 0 Å². The van der Waals surface area contributed by atoms with Crippen molar-refractivity contribution >= 4 is 46.7 Å². The monoisotopic (exact) mass is 330 g/mol. The van der Waals surface area contributed by atoms with Crippen molar-refractivity contribution in [2.24, 2.45) is 0 Å². The van der Waals surface area contributed by atoms with Crippen LogP contribution in [0.25, 0.3) is 0 Å². The first-order valence-electron chi connectivity index (χ1n) is 5.60. The smallest absolute Gasteiger partial charge is 0.260 e. The Kier molecular flexibility index (Phi) is 5.46. The zero-order valence-electron chi connectivity index (χ0n) is 11.2. The molecule has 0 aromatic carbocycles. The lowest BCUT2D eigenvalue weighted by molar-refractivity contribution is 0.102. The van der Waals surface area contributed by atoms with E-state index >= 15 is 0 Å². The maximum atomic E-state index is 12.4. The van der Waals surface area contributed by atoms with Gasteiger partial charge in [0.2, 0.25) is 0 Å². The normalized spacial score (nSPS) is 10.8. The first-order valence-corrected chi connectivity index (χ1v) is 8.82. The van der Waals surface area contributed by atoms with Crippen LogP contribution in [0.15, 0.2) is 21.6 Å². The molecule has 0 radical (unpaired) electrons. The Morgan fingerprint density at radius 1 is 1.50 bits per heavy atom. The van der Waals surface area contributed by atoms with E-state index in [4.69, 9.17) is 4.74 Å². The highest BCUT2D eigenvalue weighted by molar-refractivity contribution is 8.01. The summed E-state index contributed by atoms with van der Waals surface area (Å²) >= 11 is 4.34. The predicted molar refractivity (Wildman–Crippen MR) is 82.9 cm³/mol. The summed E-state index contributed by atoms with van der Waals surface area (Å²) in [5.41, 5.74) is 1.27. The van der Waals surface area contributed by atoms with Crippen LogP contribution in [0.2, 0.25) is 0 Å². The third-order valence-electron chi connectivity index (χ3n) is 2.39. The van der Waals surface area contributed by atoms with Gasteiger partial charge < -0.3 is 10.1 Å². The van der Waals surface area contributed by atoms with Crippen molar-refractivity contribution in [2.75, 3.05) is 24.9 Å². The van der Waals surface area contributed by atoms with Gasteiger partial charge in [-0.1, -0.05) is 0 Å². The summed E-state index contributed by atoms with van der Waals surface area (Å²) in [6, 6.07) is 0. The molecule has 2 rings (SSSR count). The first-order chi connectivity index (χ1) is 9.69. The van der Waals surface area contributed by atoms with E-state index in [2.05, 4.69) is 14.8 Å². The zero-order chi connectivity index (χ0) is 14.5. The number of carbonyl (C=O) groups is 1. The van der Waals surface area contributed by atoms with Crippen LogP contribution in [0.4, 0.5) is 5.69 Å². The van der Waals surface area contributed by atoms with Gasteiger partial charge in [-0.15, -0.1) is 23.5 Å². The molecule has 2 aromatic rings. The topological polar surface area (TPSA) is 69.0 Å². The van der Waals surface area contributed by atoms with Gasteiger partial charge in [-0.25, -0.2) is 4.68 Å². The summed E-state index contributed by atoms with van der Waals surface area (Å²) in [5.74, 6) is -0.163. The quantitative estimate of drug-likeness (QED) is 0.821. The number of hydrogen-bond donors (Lipinski definition) is 1. The van der Waals surface area contributed by atoms with Crippen LogP contribution in [-0.4, -0.2) is 39.7 Å². The van der Waals surface area contributed by atoms with Crippen molar-refractivity contribution in [3.8, 4) is 0 Å². The number of methoxy groups -OCH3 is 1. The maximum Gasteiger partial charge on any atom is 0.260 e. The van der Waals surface area contributed by atoms with Crippen molar-refractivity contribution in [3.63, 3.8) is 0 Å². The van der Waals surface area contributed by atoms with Crippen molar-refractivity contribution in [2.45, 2.75) is 16.0 Å². The highest BCUT2D eigenvalue weighted by atomic mass is 32.2. The number of rotatable bonds is 6. The fourth-order valence-corrected chi connectivity index (χ4v) is 3.83. The number of nitrogens with one attached hydrogen (secondary N) is 1. The van der Waals surface area contributed by atoms with Crippen molar-refractivity contribution in [1.29, 1.82) is 0 Å². The molecule has 0 aliphatic carbocycles. The largest absolute Gasteiger partial charge is 0.362 e. The van der Waals surface area contributed by atoms with Crippen LogP contribution >= 0.6 is 35.1 Å². The average Bonchev–Trinajstić information content (AvgIpc) is 3.05. The molecule has 0 spiro atoms. The van der Waals surface area contributed by atoms with Crippen molar-refractivity contribution in [1.82, 2.24) is 14.2 Å². The summed E-state index contributed by atoms with van der Waals surface area (Å²) in [6.07, 6.45) is 7.16. The molecule has 6 nitrogen and oxygen atoms in total. The SMILES string of the molecule is COCn1cc(NC(=O)c2c(SC)nsc2SC)cn1. The summed E-state index contributed by atoms with van der Waals surface area (Å²) in [6.45, 7) is 0.349. The lowest BCUT2D eigenvalue weighted by Crippen LogP contribution is -2.12. The van der Waals surface area contributed by atoms with E-state index in [1.54, 1.807) is 24.2 Å². The van der Waals surface area contributed by atoms with Gasteiger partial charge in [-0.3, -0.25) is 4.79 Å². The van der Waals surface area contributed by atoms with E-state index in [-0.39, 0.29) is 5.91 Å². The first kappa shape index (κ1) is 15.4. The Morgan fingerprint density at radius 3 is 2.95 bits per heavy atom. The summed E-state index contributed by atoms with van der Waals surface area (Å²) < 4.78 is 11.8. The van der Waals surface area contributed by atoms with Gasteiger partial charge in [-0.05, 0) is 24.0 Å². The molecule has 0 saturated carbocycles. The Hall–Kier alpha value is -1.03. The van der Waals surface area contributed by atoms with E-state index in [0.29, 0.717) is 18.0 Å². The molecule has 0 atom stereocenters. The molecule has 0 unspecified atom stereocenters. The fraction of sp³-hybridized carbons (Fsp3) is 0.364. The molecule has 0 bridgehead atoms. The van der Waals surface area contributed by atoms with Gasteiger partial charge in [0.05, 0.1) is 27.9 Å². The minimum absolute atomic E-state index is 0.163. The van der Waals surface area contributed by atoms with Crippen molar-refractivity contribution < 1.29 is 9.53 Å². The number of amides is 1. The fourth-order valence-electron chi connectivity index (χ4n) is 1.55. The second kappa shape index (κ2) is 7.11. The second-order valence-corrected chi connectivity index (χ2v) is 6.34. The van der Waals surface area contributed by atoms with E-state index in [1.165, 1.54) is 35.1 Å². The number of anilines is 1. The number of hydrogen-bond acceptors (Lipinski definition) is 7. The molecule has 1 amide bonds. The number of nitrogens with zero attached hydrogens (tertiary/aromatic N) is 3. The third-order valence-corrected chi connectivity index (χ3v) is 5.13. The average molecular weight is 330 g/mol. The molecule has 108 valence electrons. The minimum Gasteiger partial charge on any atom is -0.362 e. The third kappa shape index (κ3) is 3.35. The Labute approximate surface area is 129 Å². The zero-order valence-corrected chi connectivity index (χ0v) is 13.7. The molecular formula is C11H14N4O2S3. The highest BCUT2D eigenvalue weighted by Crippen LogP contribution is 2.33. The van der Waals surface area contributed by atoms with Gasteiger partial charge in [-0.2, -0.15) is 9.47 Å². The molecule has 2 aromatic heterocycles. The summed E-state index contributed by atoms with van der Waals surface area (Å²) in [7, 11) is 1.59. The molecule has 0 aliphatic rings. The van der Waals surface area contributed by atoms with Gasteiger partial charge in [0, 0.05) is 7.11 Å². The van der Waals surface area contributed by atoms with Crippen LogP contribution in [-0.2, 0) is 11.5 Å². The lowest BCUT2D eigenvalue weighted by atomic mass is 10.3. The number of carbonyl (C=O) groups excluding carboxylic acids is 1. The molecule has 1 N–H and O–H groups in total. The van der Waals surface area contributed by atoms with Crippen LogP contribution in [0, 0.1) is 0 Å². The highest BCUT2D eigenvalue weighted by Gasteiger charge is 2.20. The Morgan fingerprint density at radius 2 is 2.30 bits per heavy atom. The van der Waals surface area contributed by atoms with E-state index in [9.17, 15) is 4.79 Å². The Bertz CT molecular complexity index is 575. The minimum atomic E-state index is -0.163. The lowest BCUT2D eigenvalue weighted by Gasteiger charge is -2.03. The van der Waals surface area contributed by atoms with Gasteiger partial charge in [0.25, 0.3) is 5.91 Å². The second-order valence-electron chi connectivity index (χ2n) is 3.70. The van der Waals surface area contributed by atoms with Crippen LogP contribution in [0.5, 0.6) is 0 Å². The van der Waals surface area contributed by atoms with Gasteiger partial charge >= 0.3 is 0 Å². The molecule has 0 saturated heterocycles. The molecule has 20 heavy (non-hydrogen) atoms. The number of ether oxygens (including phenoxy) is 1. The molecule has 0 aliphatic heterocycles. The van der Waals surface area contributed by atoms with E-state index in [0.717, 1.165) is 9.24 Å². The molecular weight excluding hydrogens is 316 g/mol. The van der Waals surface area contributed by atoms with E-state index in [1.807, 2.05) is 12.5 Å². The molecule has 0 fully saturated rings. The Balaban J connectivity index is 2.16. The van der Waals surface area contributed by atoms with Crippen LogP contribution in [0.3, 0.4) is 0 Å². The number of aromatic nitrogens is 3. The van der Waals surface area contributed by atoms with Crippen LogP contribution in [0.1, 0.15) is 10.4 Å². The van der Waals surface area contributed by atoms with Crippen LogP contribution < -0.4 is 5.32 Å². The standard InChI is InChI=1S/C11H14N4O2S3/c1-17-6-15-5-7(4-12-15)13-9(16)8-10(18-2)14-20-11(8)19-3/h4-5H,6H2,1-3H3,(H,13,16). The molecule has 9 heteroatoms. The predicted octanol–water partition coefficient (Wildman–Crippen LogP) is 2.64. The maximum absolute atomic E-state index is 12.4. The summed E-state index contributed by atoms with van der Waals surface area (Å²) in [5, 5.41) is 7.66. The van der Waals surface area contributed by atoms with Gasteiger partial charge in [0.1, 0.15) is 11.8 Å². The summed E-state index contributed by atoms with van der Waals surface area (Å²) in [4.78, 5) is 12.4. The number of thioether (sulfide) groups is 2. The van der Waals surface area contributed by atoms with Crippen molar-refractivity contribution in [3.05, 3.63) is 18.0 Å². The molecule has 2 heterocycles. The van der Waals surface area contributed by atoms with E-state index < -0.39 is 0 Å².